The molecule has 9 heteroatoms. The summed E-state index contributed by atoms with van der Waals surface area (Å²) < 4.78 is 0. The molecule has 16 rings (SSSR count). The normalized spacial score (nSPS) is 13.4. The second kappa shape index (κ2) is 15.9. The maximum atomic E-state index is 13.6. The van der Waals surface area contributed by atoms with Crippen LogP contribution in [0.25, 0.3) is 0 Å². The molecule has 0 radical (unpaired) electrons. The number of carbonyl (C=O) groups excluding carboxylic acids is 4. The number of hydrogen-bond donors (Lipinski definition) is 4. The molecule has 6 aromatic rings. The van der Waals surface area contributed by atoms with Crippen LogP contribution in [0.2, 0.25) is 0 Å². The van der Waals surface area contributed by atoms with E-state index in [0.717, 1.165) is 78.1 Å². The van der Waals surface area contributed by atoms with Crippen LogP contribution >= 0.6 is 0 Å². The van der Waals surface area contributed by atoms with Crippen molar-refractivity contribution in [3.05, 3.63) is 180 Å². The van der Waals surface area contributed by atoms with Crippen molar-refractivity contribution < 1.29 is 19.2 Å². The Morgan fingerprint density at radius 1 is 0.362 bits per heavy atom. The van der Waals surface area contributed by atoms with E-state index in [9.17, 15) is 19.2 Å². The highest BCUT2D eigenvalue weighted by Gasteiger charge is 2.19. The highest BCUT2D eigenvalue weighted by Crippen LogP contribution is 2.30. The molecule has 11 heterocycles. The molecule has 4 amide bonds. The van der Waals surface area contributed by atoms with Gasteiger partial charge >= 0.3 is 0 Å². The van der Waals surface area contributed by atoms with Crippen molar-refractivity contribution in [2.24, 2.45) is 0 Å². The molecule has 0 aliphatic carbocycles. The van der Waals surface area contributed by atoms with Crippen LogP contribution in [-0.2, 0) is 12.8 Å². The fraction of sp³-hybridized carbons (Fsp3) is 0.204. The zero-order valence-corrected chi connectivity index (χ0v) is 34.2. The molecule has 10 aliphatic rings. The number of aromatic nitrogens is 1. The molecule has 10 aliphatic heterocycles. The predicted octanol–water partition coefficient (Wildman–Crippen LogP) is 10.1. The number of hydrogen-bond acceptors (Lipinski definition) is 5. The van der Waals surface area contributed by atoms with Crippen molar-refractivity contribution in [2.45, 2.75) is 68.2 Å². The lowest BCUT2D eigenvalue weighted by atomic mass is 9.95. The molecule has 0 fully saturated rings. The summed E-state index contributed by atoms with van der Waals surface area (Å²) in [6, 6.07) is 28.1. The SMILES string of the molecule is Cc1cc2cc(C)c1NC(=O)c1cccc(c1)C(=O)Nc1c(C)cc(cc1C)Cc1cc(C)c(c(C)c1)NC(=O)c1cccc(n1)C(=O)Nc1c(C)cc(cc1C)C2. The Morgan fingerprint density at radius 3 is 0.914 bits per heavy atom. The van der Waals surface area contributed by atoms with E-state index in [4.69, 9.17) is 0 Å². The van der Waals surface area contributed by atoms with Gasteiger partial charge in [0.2, 0.25) is 0 Å². The summed E-state index contributed by atoms with van der Waals surface area (Å²) in [6.45, 7) is 15.7. The van der Waals surface area contributed by atoms with Crippen molar-refractivity contribution in [3.8, 4) is 0 Å². The number of aryl methyl sites for hydroxylation is 8. The van der Waals surface area contributed by atoms with Crippen LogP contribution in [0.5, 0.6) is 0 Å². The van der Waals surface area contributed by atoms with Gasteiger partial charge in [-0.05, 0) is 165 Å². The van der Waals surface area contributed by atoms with Crippen LogP contribution in [-0.4, -0.2) is 28.6 Å². The molecule has 5 aromatic carbocycles. The van der Waals surface area contributed by atoms with Crippen LogP contribution in [0.15, 0.2) is 91.0 Å². The third-order valence-electron chi connectivity index (χ3n) is 10.7. The number of benzene rings is 5. The minimum absolute atomic E-state index is 0.132. The van der Waals surface area contributed by atoms with Gasteiger partial charge in [-0.2, -0.15) is 0 Å². The van der Waals surface area contributed by atoms with E-state index < -0.39 is 11.8 Å². The first-order valence-corrected chi connectivity index (χ1v) is 19.4. The smallest absolute Gasteiger partial charge is 0.274 e. The monoisotopic (exact) mass is 769 g/mol. The molecule has 0 atom stereocenters. The molecule has 292 valence electrons. The zero-order valence-electron chi connectivity index (χ0n) is 34.2. The van der Waals surface area contributed by atoms with Crippen molar-refractivity contribution >= 4 is 46.4 Å². The van der Waals surface area contributed by atoms with E-state index in [1.165, 1.54) is 0 Å². The largest absolute Gasteiger partial charge is 0.322 e. The first-order chi connectivity index (χ1) is 27.6. The zero-order chi connectivity index (χ0) is 41.4. The van der Waals surface area contributed by atoms with Crippen molar-refractivity contribution in [1.29, 1.82) is 0 Å². The molecular formula is C49H47N5O4. The standard InChI is InChI=1S/C49H47N5O4/c1-26-15-34-16-27(2)42(26)51-46(55)38-11-9-12-39(25-38)47(56)52-43-28(3)17-35(18-29(43)4)24-37-21-32(7)45(33(8)22-37)54-49(58)41-14-10-13-40(50-41)48(57)53-44-30(5)19-36(23-34)20-31(44)6/h9-22,25H,23-24H2,1-8H3,(H,51,55)(H,52,56)(H,53,57)(H,54,58). The number of pyridine rings is 1. The van der Waals surface area contributed by atoms with Gasteiger partial charge in [0.25, 0.3) is 23.6 Å². The Hall–Kier alpha value is -6.87. The summed E-state index contributed by atoms with van der Waals surface area (Å²) in [7, 11) is 0. The lowest BCUT2D eigenvalue weighted by Gasteiger charge is -2.17. The van der Waals surface area contributed by atoms with Gasteiger partial charge in [-0.1, -0.05) is 60.7 Å². The maximum Gasteiger partial charge on any atom is 0.274 e. The van der Waals surface area contributed by atoms with Gasteiger partial charge in [-0.3, -0.25) is 19.2 Å². The van der Waals surface area contributed by atoms with Crippen LogP contribution in [0, 0.1) is 55.4 Å². The third kappa shape index (κ3) is 8.30. The average Bonchev–Trinajstić information content (AvgIpc) is 3.17. The number of carbonyl (C=O) groups is 4. The number of amides is 4. The molecule has 0 spiro atoms. The van der Waals surface area contributed by atoms with E-state index >= 15 is 0 Å². The Morgan fingerprint density at radius 2 is 0.621 bits per heavy atom. The molecule has 9 nitrogen and oxygen atoms in total. The molecule has 0 saturated carbocycles. The van der Waals surface area contributed by atoms with Crippen molar-refractivity contribution in [1.82, 2.24) is 4.98 Å². The summed E-state index contributed by atoms with van der Waals surface area (Å²) >= 11 is 0. The van der Waals surface area contributed by atoms with Gasteiger partial charge in [0, 0.05) is 33.9 Å². The molecule has 12 bridgehead atoms. The Kier molecular flexibility index (Phi) is 10.8. The Bertz CT molecular complexity index is 2240. The minimum atomic E-state index is -0.409. The van der Waals surface area contributed by atoms with Gasteiger partial charge in [-0.25, -0.2) is 4.98 Å². The summed E-state index contributed by atoms with van der Waals surface area (Å²) in [5.74, 6) is -1.42. The molecular weight excluding hydrogens is 723 g/mol. The van der Waals surface area contributed by atoms with Gasteiger partial charge in [-0.15, -0.1) is 0 Å². The second-order valence-corrected chi connectivity index (χ2v) is 15.6. The van der Waals surface area contributed by atoms with Crippen LogP contribution in [0.4, 0.5) is 22.7 Å². The second-order valence-electron chi connectivity index (χ2n) is 15.6. The first kappa shape index (κ1) is 39.4. The molecule has 1 aromatic heterocycles. The Balaban J connectivity index is 1.25. The van der Waals surface area contributed by atoms with Crippen LogP contribution in [0.3, 0.4) is 0 Å². The van der Waals surface area contributed by atoms with Gasteiger partial charge in [0.1, 0.15) is 11.4 Å². The predicted molar refractivity (Wildman–Crippen MR) is 232 cm³/mol. The van der Waals surface area contributed by atoms with Gasteiger partial charge in [0.15, 0.2) is 0 Å². The number of nitrogens with zero attached hydrogens (tertiary/aromatic N) is 1. The Labute approximate surface area is 339 Å². The molecule has 0 unspecified atom stereocenters. The lowest BCUT2D eigenvalue weighted by Crippen LogP contribution is -2.20. The van der Waals surface area contributed by atoms with Crippen molar-refractivity contribution in [2.75, 3.05) is 21.3 Å². The summed E-state index contributed by atoms with van der Waals surface area (Å²) in [5.41, 5.74) is 15.4. The van der Waals surface area contributed by atoms with Gasteiger partial charge < -0.3 is 21.3 Å². The quantitative estimate of drug-likeness (QED) is 0.122. The van der Waals surface area contributed by atoms with E-state index in [-0.39, 0.29) is 23.2 Å². The van der Waals surface area contributed by atoms with Gasteiger partial charge in [0.05, 0.1) is 0 Å². The number of nitrogens with one attached hydrogen (secondary N) is 4. The minimum Gasteiger partial charge on any atom is -0.322 e. The average molecular weight is 770 g/mol. The molecule has 4 N–H and O–H groups in total. The summed E-state index contributed by atoms with van der Waals surface area (Å²) in [5, 5.41) is 12.2. The fourth-order valence-electron chi connectivity index (χ4n) is 8.10. The van der Waals surface area contributed by atoms with Crippen molar-refractivity contribution in [3.63, 3.8) is 0 Å². The highest BCUT2D eigenvalue weighted by atomic mass is 16.2. The van der Waals surface area contributed by atoms with Crippen LogP contribution in [0.1, 0.15) is 108 Å². The third-order valence-corrected chi connectivity index (χ3v) is 10.7. The van der Waals surface area contributed by atoms with E-state index in [0.29, 0.717) is 35.3 Å². The number of anilines is 4. The number of rotatable bonds is 0. The topological polar surface area (TPSA) is 129 Å². The summed E-state index contributed by atoms with van der Waals surface area (Å²) in [4.78, 5) is 58.7. The highest BCUT2D eigenvalue weighted by molar-refractivity contribution is 6.10. The summed E-state index contributed by atoms with van der Waals surface area (Å²) in [6.07, 6.45) is 1.29. The van der Waals surface area contributed by atoms with E-state index in [2.05, 4.69) is 74.8 Å². The van der Waals surface area contributed by atoms with E-state index in [1.807, 2.05) is 55.4 Å². The van der Waals surface area contributed by atoms with Crippen LogP contribution < -0.4 is 21.3 Å². The molecule has 0 saturated heterocycles. The fourth-order valence-corrected chi connectivity index (χ4v) is 8.10. The lowest BCUT2D eigenvalue weighted by molar-refractivity contribution is 0.100. The van der Waals surface area contributed by atoms with E-state index in [1.54, 1.807) is 42.5 Å². The maximum absolute atomic E-state index is 13.6. The molecule has 58 heavy (non-hydrogen) atoms. The first-order valence-electron chi connectivity index (χ1n) is 19.4.